The summed E-state index contributed by atoms with van der Waals surface area (Å²) in [5.74, 6) is -0.261. The highest BCUT2D eigenvalue weighted by Gasteiger charge is 2.33. The molecule has 1 aliphatic rings. The summed E-state index contributed by atoms with van der Waals surface area (Å²) in [6.07, 6.45) is -0.447. The first kappa shape index (κ1) is 12.7. The molecule has 2 aromatic carbocycles. The molecule has 3 rings (SSSR count). The van der Waals surface area contributed by atoms with Crippen LogP contribution in [0.2, 0.25) is 0 Å². The Morgan fingerprint density at radius 3 is 2.40 bits per heavy atom. The molecule has 1 amide bonds. The number of cyclic esters (lactones) is 1. The van der Waals surface area contributed by atoms with Gasteiger partial charge in [-0.15, -0.1) is 0 Å². The quantitative estimate of drug-likeness (QED) is 0.840. The van der Waals surface area contributed by atoms with Crippen LogP contribution in [0.5, 0.6) is 0 Å². The van der Waals surface area contributed by atoms with Crippen LogP contribution in [0.3, 0.4) is 0 Å². The zero-order chi connectivity index (χ0) is 14.3. The number of hydrogen-bond donors (Lipinski definition) is 1. The van der Waals surface area contributed by atoms with Gasteiger partial charge in [0.2, 0.25) is 0 Å². The first-order valence-corrected chi connectivity index (χ1v) is 6.36. The zero-order valence-electron chi connectivity index (χ0n) is 11.2. The molecular formula is C16H14FNO2. The number of fused-ring (bicyclic) bond motifs is 1. The van der Waals surface area contributed by atoms with E-state index < -0.39 is 11.7 Å². The van der Waals surface area contributed by atoms with Crippen molar-refractivity contribution in [1.29, 1.82) is 0 Å². The number of ether oxygens (including phenoxy) is 1. The lowest BCUT2D eigenvalue weighted by atomic mass is 9.91. The van der Waals surface area contributed by atoms with Crippen molar-refractivity contribution in [3.05, 3.63) is 53.8 Å². The number of anilines is 1. The van der Waals surface area contributed by atoms with Crippen molar-refractivity contribution in [2.75, 3.05) is 5.32 Å². The van der Waals surface area contributed by atoms with Crippen molar-refractivity contribution in [2.45, 2.75) is 19.4 Å². The van der Waals surface area contributed by atoms with Gasteiger partial charge in [-0.05, 0) is 49.2 Å². The normalized spacial score (nSPS) is 16.1. The number of carbonyl (C=O) groups is 1. The van der Waals surface area contributed by atoms with Crippen molar-refractivity contribution in [2.24, 2.45) is 0 Å². The predicted octanol–water partition coefficient (Wildman–Crippen LogP) is 4.29. The van der Waals surface area contributed by atoms with Crippen LogP contribution in [0, 0.1) is 5.82 Å². The summed E-state index contributed by atoms with van der Waals surface area (Å²) in [5.41, 5.74) is 2.84. The van der Waals surface area contributed by atoms with Gasteiger partial charge in [-0.1, -0.05) is 18.2 Å². The zero-order valence-corrected chi connectivity index (χ0v) is 11.2. The van der Waals surface area contributed by atoms with Crippen LogP contribution in [-0.2, 0) is 10.3 Å². The number of hydrogen-bond acceptors (Lipinski definition) is 2. The Hall–Kier alpha value is -2.36. The summed E-state index contributed by atoms with van der Waals surface area (Å²) in [4.78, 5) is 11.5. The van der Waals surface area contributed by atoms with Crippen LogP contribution >= 0.6 is 0 Å². The predicted molar refractivity (Wildman–Crippen MR) is 75.0 cm³/mol. The molecule has 0 radical (unpaired) electrons. The third kappa shape index (κ3) is 2.13. The van der Waals surface area contributed by atoms with Crippen molar-refractivity contribution < 1.29 is 13.9 Å². The van der Waals surface area contributed by atoms with Crippen LogP contribution in [0.4, 0.5) is 14.9 Å². The molecule has 0 bridgehead atoms. The van der Waals surface area contributed by atoms with E-state index in [0.29, 0.717) is 0 Å². The number of carbonyl (C=O) groups excluding carboxylic acids is 1. The van der Waals surface area contributed by atoms with E-state index in [2.05, 4.69) is 5.32 Å². The van der Waals surface area contributed by atoms with Crippen molar-refractivity contribution >= 4 is 11.8 Å². The van der Waals surface area contributed by atoms with Gasteiger partial charge in [-0.2, -0.15) is 0 Å². The fourth-order valence-corrected chi connectivity index (χ4v) is 2.40. The smallest absolute Gasteiger partial charge is 0.412 e. The van der Waals surface area contributed by atoms with E-state index in [4.69, 9.17) is 4.74 Å². The molecule has 1 aliphatic heterocycles. The number of amides is 1. The second-order valence-corrected chi connectivity index (χ2v) is 5.29. The summed E-state index contributed by atoms with van der Waals surface area (Å²) in [5, 5.41) is 2.68. The molecular weight excluding hydrogens is 257 g/mol. The molecule has 102 valence electrons. The summed E-state index contributed by atoms with van der Waals surface area (Å²) >= 11 is 0. The third-order valence-electron chi connectivity index (χ3n) is 3.43. The lowest BCUT2D eigenvalue weighted by molar-refractivity contribution is 0.0421. The van der Waals surface area contributed by atoms with Gasteiger partial charge in [0.15, 0.2) is 0 Å². The molecule has 20 heavy (non-hydrogen) atoms. The highest BCUT2D eigenvalue weighted by Crippen LogP contribution is 2.37. The van der Waals surface area contributed by atoms with Crippen LogP contribution < -0.4 is 5.32 Å². The lowest BCUT2D eigenvalue weighted by Gasteiger charge is -2.32. The Kier molecular flexibility index (Phi) is 2.74. The molecule has 0 aromatic heterocycles. The number of halogens is 1. The molecule has 0 saturated carbocycles. The van der Waals surface area contributed by atoms with E-state index in [1.54, 1.807) is 12.1 Å². The number of nitrogens with one attached hydrogen (secondary N) is 1. The average Bonchev–Trinajstić information content (AvgIpc) is 2.38. The van der Waals surface area contributed by atoms with Crippen LogP contribution in [0.1, 0.15) is 19.4 Å². The van der Waals surface area contributed by atoms with Crippen LogP contribution in [0.25, 0.3) is 11.1 Å². The number of rotatable bonds is 1. The van der Waals surface area contributed by atoms with Gasteiger partial charge < -0.3 is 4.74 Å². The second kappa shape index (κ2) is 4.34. The summed E-state index contributed by atoms with van der Waals surface area (Å²) in [7, 11) is 0. The molecule has 0 unspecified atom stereocenters. The Morgan fingerprint density at radius 2 is 1.70 bits per heavy atom. The number of benzene rings is 2. The summed E-state index contributed by atoms with van der Waals surface area (Å²) < 4.78 is 18.3. The van der Waals surface area contributed by atoms with E-state index in [-0.39, 0.29) is 5.82 Å². The van der Waals surface area contributed by atoms with Gasteiger partial charge in [-0.25, -0.2) is 9.18 Å². The SMILES string of the molecule is CC1(C)OC(=O)Nc2ccc(-c3ccc(F)cc3)cc21. The minimum atomic E-state index is -0.687. The topological polar surface area (TPSA) is 38.3 Å². The third-order valence-corrected chi connectivity index (χ3v) is 3.43. The maximum absolute atomic E-state index is 13.0. The first-order valence-electron chi connectivity index (χ1n) is 6.36. The van der Waals surface area contributed by atoms with Gasteiger partial charge in [0, 0.05) is 5.56 Å². The highest BCUT2D eigenvalue weighted by molar-refractivity contribution is 5.89. The molecule has 0 atom stereocenters. The van der Waals surface area contributed by atoms with Gasteiger partial charge in [-0.3, -0.25) is 5.32 Å². The molecule has 4 heteroatoms. The Balaban J connectivity index is 2.09. The summed E-state index contributed by atoms with van der Waals surface area (Å²) in [6, 6.07) is 12.0. The van der Waals surface area contributed by atoms with Crippen LogP contribution in [-0.4, -0.2) is 6.09 Å². The summed E-state index contributed by atoms with van der Waals surface area (Å²) in [6.45, 7) is 3.69. The standard InChI is InChI=1S/C16H14FNO2/c1-16(2)13-9-11(10-3-6-12(17)7-4-10)5-8-14(13)18-15(19)20-16/h3-9H,1-2H3,(H,18,19). The molecule has 1 heterocycles. The molecule has 2 aromatic rings. The van der Waals surface area contributed by atoms with Gasteiger partial charge in [0.25, 0.3) is 0 Å². The monoisotopic (exact) mass is 271 g/mol. The molecule has 0 saturated heterocycles. The van der Waals surface area contributed by atoms with Gasteiger partial charge >= 0.3 is 6.09 Å². The highest BCUT2D eigenvalue weighted by atomic mass is 19.1. The lowest BCUT2D eigenvalue weighted by Crippen LogP contribution is -2.34. The van der Waals surface area contributed by atoms with Crippen molar-refractivity contribution in [1.82, 2.24) is 0 Å². The Labute approximate surface area is 116 Å². The van der Waals surface area contributed by atoms with E-state index in [9.17, 15) is 9.18 Å². The molecule has 1 N–H and O–H groups in total. The fraction of sp³-hybridized carbons (Fsp3) is 0.188. The van der Waals surface area contributed by atoms with Gasteiger partial charge in [0.1, 0.15) is 11.4 Å². The van der Waals surface area contributed by atoms with E-state index in [1.165, 1.54) is 12.1 Å². The van der Waals surface area contributed by atoms with E-state index in [1.807, 2.05) is 32.0 Å². The molecule has 0 fully saturated rings. The average molecular weight is 271 g/mol. The largest absolute Gasteiger partial charge is 0.438 e. The first-order chi connectivity index (χ1) is 9.45. The van der Waals surface area contributed by atoms with Crippen molar-refractivity contribution in [3.63, 3.8) is 0 Å². The van der Waals surface area contributed by atoms with Crippen LogP contribution in [0.15, 0.2) is 42.5 Å². The Bertz CT molecular complexity index is 677. The van der Waals surface area contributed by atoms with E-state index >= 15 is 0 Å². The Morgan fingerprint density at radius 1 is 1.05 bits per heavy atom. The fourth-order valence-electron chi connectivity index (χ4n) is 2.40. The maximum Gasteiger partial charge on any atom is 0.412 e. The molecule has 0 aliphatic carbocycles. The van der Waals surface area contributed by atoms with Gasteiger partial charge in [0.05, 0.1) is 5.69 Å². The minimum Gasteiger partial charge on any atom is -0.438 e. The molecule has 0 spiro atoms. The minimum absolute atomic E-state index is 0.261. The molecule has 3 nitrogen and oxygen atoms in total. The van der Waals surface area contributed by atoms with E-state index in [0.717, 1.165) is 22.4 Å². The maximum atomic E-state index is 13.0. The second-order valence-electron chi connectivity index (χ2n) is 5.29. The van der Waals surface area contributed by atoms with Crippen molar-refractivity contribution in [3.8, 4) is 11.1 Å².